The van der Waals surface area contributed by atoms with E-state index in [0.717, 1.165) is 25.2 Å². The molecular formula is C17H23N3. The standard InChI is InChI=1S/C17H23N3/c1-14(2)13-16(15-7-4-3-5-8-15)18-12-9-17-19-10-6-11-20-17/h3-8,10-11,14,16,18H,9,12-13H2,1-2H3. The average molecular weight is 269 g/mol. The van der Waals surface area contributed by atoms with E-state index in [2.05, 4.69) is 59.5 Å². The number of aromatic nitrogens is 2. The van der Waals surface area contributed by atoms with E-state index in [1.54, 1.807) is 12.4 Å². The van der Waals surface area contributed by atoms with Crippen LogP contribution in [0.25, 0.3) is 0 Å². The summed E-state index contributed by atoms with van der Waals surface area (Å²) in [6, 6.07) is 12.9. The minimum Gasteiger partial charge on any atom is -0.309 e. The molecule has 3 heteroatoms. The van der Waals surface area contributed by atoms with Crippen LogP contribution in [0.3, 0.4) is 0 Å². The van der Waals surface area contributed by atoms with Crippen molar-refractivity contribution in [3.8, 4) is 0 Å². The number of hydrogen-bond donors (Lipinski definition) is 1. The first kappa shape index (κ1) is 14.7. The van der Waals surface area contributed by atoms with E-state index in [9.17, 15) is 0 Å². The van der Waals surface area contributed by atoms with Gasteiger partial charge in [0.05, 0.1) is 0 Å². The van der Waals surface area contributed by atoms with Crippen LogP contribution in [-0.2, 0) is 6.42 Å². The van der Waals surface area contributed by atoms with Gasteiger partial charge in [0.15, 0.2) is 0 Å². The molecular weight excluding hydrogens is 246 g/mol. The van der Waals surface area contributed by atoms with Crippen LogP contribution in [-0.4, -0.2) is 16.5 Å². The third-order valence-corrected chi connectivity index (χ3v) is 3.27. The second-order valence-corrected chi connectivity index (χ2v) is 5.46. The van der Waals surface area contributed by atoms with E-state index in [4.69, 9.17) is 0 Å². The molecule has 0 aliphatic carbocycles. The largest absolute Gasteiger partial charge is 0.309 e. The Kier molecular flexibility index (Phi) is 5.69. The molecule has 1 N–H and O–H groups in total. The van der Waals surface area contributed by atoms with Gasteiger partial charge < -0.3 is 5.32 Å². The normalized spacial score (nSPS) is 12.6. The molecule has 0 spiro atoms. The molecule has 0 saturated heterocycles. The molecule has 0 aliphatic heterocycles. The number of rotatable bonds is 7. The van der Waals surface area contributed by atoms with Crippen molar-refractivity contribution in [1.82, 2.24) is 15.3 Å². The van der Waals surface area contributed by atoms with Gasteiger partial charge in [-0.2, -0.15) is 0 Å². The van der Waals surface area contributed by atoms with Crippen molar-refractivity contribution < 1.29 is 0 Å². The third kappa shape index (κ3) is 4.74. The highest BCUT2D eigenvalue weighted by molar-refractivity contribution is 5.18. The highest BCUT2D eigenvalue weighted by atomic mass is 14.9. The molecule has 20 heavy (non-hydrogen) atoms. The van der Waals surface area contributed by atoms with E-state index in [-0.39, 0.29) is 0 Å². The maximum Gasteiger partial charge on any atom is 0.129 e. The molecule has 1 aromatic carbocycles. The summed E-state index contributed by atoms with van der Waals surface area (Å²) in [4.78, 5) is 8.52. The predicted octanol–water partition coefficient (Wildman–Crippen LogP) is 3.40. The quantitative estimate of drug-likeness (QED) is 0.837. The van der Waals surface area contributed by atoms with Crippen LogP contribution in [0.4, 0.5) is 0 Å². The number of hydrogen-bond acceptors (Lipinski definition) is 3. The van der Waals surface area contributed by atoms with E-state index >= 15 is 0 Å². The van der Waals surface area contributed by atoms with E-state index in [1.807, 2.05) is 6.07 Å². The molecule has 3 nitrogen and oxygen atoms in total. The smallest absolute Gasteiger partial charge is 0.129 e. The fourth-order valence-corrected chi connectivity index (χ4v) is 2.31. The molecule has 2 rings (SSSR count). The maximum atomic E-state index is 4.26. The fraction of sp³-hybridized carbons (Fsp3) is 0.412. The van der Waals surface area contributed by atoms with Crippen LogP contribution in [0, 0.1) is 5.92 Å². The van der Waals surface area contributed by atoms with Crippen molar-refractivity contribution in [3.63, 3.8) is 0 Å². The molecule has 1 atom stereocenters. The molecule has 106 valence electrons. The zero-order valence-corrected chi connectivity index (χ0v) is 12.3. The third-order valence-electron chi connectivity index (χ3n) is 3.27. The summed E-state index contributed by atoms with van der Waals surface area (Å²) in [5, 5.41) is 3.64. The summed E-state index contributed by atoms with van der Waals surface area (Å²) in [7, 11) is 0. The zero-order valence-electron chi connectivity index (χ0n) is 12.3. The average Bonchev–Trinajstić information content (AvgIpc) is 2.48. The summed E-state index contributed by atoms with van der Waals surface area (Å²) < 4.78 is 0. The zero-order chi connectivity index (χ0) is 14.2. The van der Waals surface area contributed by atoms with Gasteiger partial charge in [0.25, 0.3) is 0 Å². The first-order valence-corrected chi connectivity index (χ1v) is 7.30. The molecule has 0 radical (unpaired) electrons. The van der Waals surface area contributed by atoms with E-state index in [1.165, 1.54) is 5.56 Å². The molecule has 0 fully saturated rings. The maximum absolute atomic E-state index is 4.26. The van der Waals surface area contributed by atoms with Crippen molar-refractivity contribution in [2.75, 3.05) is 6.54 Å². The van der Waals surface area contributed by atoms with Crippen molar-refractivity contribution in [2.24, 2.45) is 5.92 Å². The lowest BCUT2D eigenvalue weighted by molar-refractivity contribution is 0.430. The van der Waals surface area contributed by atoms with Crippen molar-refractivity contribution in [3.05, 3.63) is 60.2 Å². The lowest BCUT2D eigenvalue weighted by Crippen LogP contribution is -2.25. The Labute approximate surface area is 121 Å². The fourth-order valence-electron chi connectivity index (χ4n) is 2.31. The Morgan fingerprint density at radius 1 is 1.00 bits per heavy atom. The summed E-state index contributed by atoms with van der Waals surface area (Å²) in [5.41, 5.74) is 1.36. The highest BCUT2D eigenvalue weighted by Gasteiger charge is 2.12. The van der Waals surface area contributed by atoms with Gasteiger partial charge in [-0.1, -0.05) is 44.2 Å². The van der Waals surface area contributed by atoms with Crippen LogP contribution in [0.2, 0.25) is 0 Å². The van der Waals surface area contributed by atoms with Crippen LogP contribution in [0.15, 0.2) is 48.8 Å². The predicted molar refractivity (Wildman–Crippen MR) is 82.4 cm³/mol. The van der Waals surface area contributed by atoms with Gasteiger partial charge in [0, 0.05) is 31.4 Å². The van der Waals surface area contributed by atoms with Gasteiger partial charge in [-0.25, -0.2) is 9.97 Å². The number of benzene rings is 1. The van der Waals surface area contributed by atoms with Crippen LogP contribution in [0.1, 0.15) is 37.7 Å². The Bertz CT molecular complexity index is 482. The monoisotopic (exact) mass is 269 g/mol. The van der Waals surface area contributed by atoms with Crippen LogP contribution in [0.5, 0.6) is 0 Å². The van der Waals surface area contributed by atoms with E-state index < -0.39 is 0 Å². The van der Waals surface area contributed by atoms with Gasteiger partial charge in [-0.15, -0.1) is 0 Å². The number of nitrogens with one attached hydrogen (secondary N) is 1. The molecule has 0 aliphatic rings. The SMILES string of the molecule is CC(C)CC(NCCc1ncccn1)c1ccccc1. The topological polar surface area (TPSA) is 37.8 Å². The molecule has 0 amide bonds. The summed E-state index contributed by atoms with van der Waals surface area (Å²) in [6.45, 7) is 5.42. The minimum atomic E-state index is 0.403. The first-order valence-electron chi connectivity index (χ1n) is 7.30. The molecule has 1 unspecified atom stereocenters. The Morgan fingerprint density at radius 3 is 2.35 bits per heavy atom. The second-order valence-electron chi connectivity index (χ2n) is 5.46. The van der Waals surface area contributed by atoms with Gasteiger partial charge in [-0.3, -0.25) is 0 Å². The lowest BCUT2D eigenvalue weighted by atomic mass is 9.97. The van der Waals surface area contributed by atoms with Crippen molar-refractivity contribution in [1.29, 1.82) is 0 Å². The van der Waals surface area contributed by atoms with Gasteiger partial charge >= 0.3 is 0 Å². The Morgan fingerprint density at radius 2 is 1.70 bits per heavy atom. The summed E-state index contributed by atoms with van der Waals surface area (Å²) in [5.74, 6) is 1.57. The highest BCUT2D eigenvalue weighted by Crippen LogP contribution is 2.20. The summed E-state index contributed by atoms with van der Waals surface area (Å²) >= 11 is 0. The molecule has 1 aromatic heterocycles. The van der Waals surface area contributed by atoms with Gasteiger partial charge in [0.1, 0.15) is 5.82 Å². The second kappa shape index (κ2) is 7.75. The van der Waals surface area contributed by atoms with Crippen molar-refractivity contribution in [2.45, 2.75) is 32.7 Å². The molecule has 1 heterocycles. The first-order chi connectivity index (χ1) is 9.75. The summed E-state index contributed by atoms with van der Waals surface area (Å²) in [6.07, 6.45) is 5.60. The molecule has 0 saturated carbocycles. The van der Waals surface area contributed by atoms with Gasteiger partial charge in [0.2, 0.25) is 0 Å². The number of nitrogens with zero attached hydrogens (tertiary/aromatic N) is 2. The Hall–Kier alpha value is -1.74. The lowest BCUT2D eigenvalue weighted by Gasteiger charge is -2.21. The van der Waals surface area contributed by atoms with Crippen LogP contribution >= 0.6 is 0 Å². The van der Waals surface area contributed by atoms with E-state index in [0.29, 0.717) is 12.0 Å². The van der Waals surface area contributed by atoms with Crippen LogP contribution < -0.4 is 5.32 Å². The van der Waals surface area contributed by atoms with Crippen molar-refractivity contribution >= 4 is 0 Å². The van der Waals surface area contributed by atoms with Gasteiger partial charge in [-0.05, 0) is 24.0 Å². The molecule has 0 bridgehead atoms. The molecule has 2 aromatic rings. The minimum absolute atomic E-state index is 0.403. The Balaban J connectivity index is 1.91.